The highest BCUT2D eigenvalue weighted by Crippen LogP contribution is 2.29. The van der Waals surface area contributed by atoms with Crippen LogP contribution in [0, 0.1) is 5.82 Å². The van der Waals surface area contributed by atoms with Gasteiger partial charge in [0.15, 0.2) is 5.82 Å². The van der Waals surface area contributed by atoms with Gasteiger partial charge in [0, 0.05) is 6.20 Å². The summed E-state index contributed by atoms with van der Waals surface area (Å²) >= 11 is 0. The van der Waals surface area contributed by atoms with Crippen LogP contribution in [0.1, 0.15) is 35.8 Å². The minimum atomic E-state index is -0.414. The minimum Gasteiger partial charge on any atom is -0.465 e. The molecule has 0 saturated carbocycles. The fraction of sp³-hybridized carbons (Fsp3) is 0.222. The van der Waals surface area contributed by atoms with Gasteiger partial charge < -0.3 is 4.74 Å². The van der Waals surface area contributed by atoms with Crippen LogP contribution in [-0.2, 0) is 4.74 Å². The largest absolute Gasteiger partial charge is 0.465 e. The third-order valence-electron chi connectivity index (χ3n) is 3.68. The molecule has 0 aliphatic carbocycles. The molecular weight excluding hydrogens is 323 g/mol. The van der Waals surface area contributed by atoms with Crippen molar-refractivity contribution in [1.29, 1.82) is 0 Å². The summed E-state index contributed by atoms with van der Waals surface area (Å²) in [7, 11) is 1.33. The number of azo groups is 1. The van der Waals surface area contributed by atoms with E-state index in [1.54, 1.807) is 34.7 Å². The van der Waals surface area contributed by atoms with Crippen molar-refractivity contribution in [2.75, 3.05) is 7.11 Å². The second-order valence-electron chi connectivity index (χ2n) is 5.79. The number of fused-ring (bicyclic) bond motifs is 1. The second-order valence-corrected chi connectivity index (χ2v) is 5.79. The Morgan fingerprint density at radius 2 is 1.88 bits per heavy atom. The molecule has 25 heavy (non-hydrogen) atoms. The second kappa shape index (κ2) is 6.80. The number of imidazole rings is 1. The maximum atomic E-state index is 13.6. The quantitative estimate of drug-likeness (QED) is 0.506. The van der Waals surface area contributed by atoms with Crippen LogP contribution in [0.25, 0.3) is 5.65 Å². The Morgan fingerprint density at radius 1 is 1.16 bits per heavy atom. The molecule has 7 heteroatoms. The maximum Gasteiger partial charge on any atom is 0.337 e. The zero-order valence-electron chi connectivity index (χ0n) is 14.1. The van der Waals surface area contributed by atoms with Crippen molar-refractivity contribution in [1.82, 2.24) is 9.38 Å². The van der Waals surface area contributed by atoms with Gasteiger partial charge in [0.25, 0.3) is 0 Å². The highest BCUT2D eigenvalue weighted by Gasteiger charge is 2.15. The number of hydrogen-bond acceptors (Lipinski definition) is 5. The van der Waals surface area contributed by atoms with E-state index in [2.05, 4.69) is 19.9 Å². The molecule has 0 N–H and O–H groups in total. The average molecular weight is 340 g/mol. The molecule has 0 aliphatic rings. The van der Waals surface area contributed by atoms with Crippen molar-refractivity contribution < 1.29 is 13.9 Å². The van der Waals surface area contributed by atoms with Crippen LogP contribution in [0.5, 0.6) is 0 Å². The lowest BCUT2D eigenvalue weighted by atomic mass is 10.1. The van der Waals surface area contributed by atoms with E-state index >= 15 is 0 Å². The molecule has 1 aromatic carbocycles. The number of esters is 1. The van der Waals surface area contributed by atoms with Crippen molar-refractivity contribution in [3.05, 3.63) is 59.7 Å². The van der Waals surface area contributed by atoms with Crippen LogP contribution in [0.3, 0.4) is 0 Å². The molecule has 2 heterocycles. The molecule has 6 nitrogen and oxygen atoms in total. The monoisotopic (exact) mass is 340 g/mol. The Morgan fingerprint density at radius 3 is 2.52 bits per heavy atom. The summed E-state index contributed by atoms with van der Waals surface area (Å²) in [6, 6.07) is 9.50. The first-order valence-electron chi connectivity index (χ1n) is 7.77. The Balaban J connectivity index is 1.99. The Kier molecular flexibility index (Phi) is 4.56. The van der Waals surface area contributed by atoms with Crippen LogP contribution < -0.4 is 0 Å². The normalized spacial score (nSPS) is 11.6. The molecule has 0 unspecified atom stereocenters. The van der Waals surface area contributed by atoms with E-state index in [4.69, 9.17) is 0 Å². The SMILES string of the molecule is COC(=O)c1ccc(N=Nc2c(C(C)C)nc3ccc(F)cn23)cc1. The number of rotatable bonds is 4. The first kappa shape index (κ1) is 16.8. The van der Waals surface area contributed by atoms with Crippen molar-refractivity contribution >= 4 is 23.1 Å². The number of ether oxygens (including phenoxy) is 1. The van der Waals surface area contributed by atoms with Gasteiger partial charge in [0.2, 0.25) is 0 Å². The number of carbonyl (C=O) groups excluding carboxylic acids is 1. The summed E-state index contributed by atoms with van der Waals surface area (Å²) in [6.45, 7) is 3.98. The zero-order valence-corrected chi connectivity index (χ0v) is 14.1. The highest BCUT2D eigenvalue weighted by atomic mass is 19.1. The van der Waals surface area contributed by atoms with Gasteiger partial charge in [-0.25, -0.2) is 14.2 Å². The summed E-state index contributed by atoms with van der Waals surface area (Å²) in [5.41, 5.74) is 2.34. The summed E-state index contributed by atoms with van der Waals surface area (Å²) in [5, 5.41) is 8.45. The summed E-state index contributed by atoms with van der Waals surface area (Å²) in [6.07, 6.45) is 1.34. The van der Waals surface area contributed by atoms with E-state index in [-0.39, 0.29) is 11.7 Å². The van der Waals surface area contributed by atoms with Gasteiger partial charge in [-0.15, -0.1) is 10.2 Å². The Hall–Kier alpha value is -3.09. The molecule has 0 atom stereocenters. The summed E-state index contributed by atoms with van der Waals surface area (Å²) in [4.78, 5) is 15.9. The molecule has 128 valence electrons. The number of nitrogens with zero attached hydrogens (tertiary/aromatic N) is 4. The van der Waals surface area contributed by atoms with Crippen LogP contribution >= 0.6 is 0 Å². The summed E-state index contributed by atoms with van der Waals surface area (Å²) in [5.74, 6) is -0.193. The Labute approximate surface area is 144 Å². The van der Waals surface area contributed by atoms with Crippen molar-refractivity contribution in [3.8, 4) is 0 Å². The summed E-state index contributed by atoms with van der Waals surface area (Å²) < 4.78 is 19.8. The molecular formula is C18H17FN4O2. The molecule has 2 aromatic heterocycles. The van der Waals surface area contributed by atoms with E-state index in [9.17, 15) is 9.18 Å². The lowest BCUT2D eigenvalue weighted by Gasteiger charge is -2.02. The first-order valence-corrected chi connectivity index (χ1v) is 7.77. The predicted octanol–water partition coefficient (Wildman–Crippen LogP) is 4.80. The first-order chi connectivity index (χ1) is 12.0. The minimum absolute atomic E-state index is 0.110. The molecule has 0 fully saturated rings. The maximum absolute atomic E-state index is 13.6. The molecule has 3 aromatic rings. The van der Waals surface area contributed by atoms with Gasteiger partial charge in [-0.05, 0) is 42.3 Å². The van der Waals surface area contributed by atoms with Crippen LogP contribution in [0.2, 0.25) is 0 Å². The zero-order chi connectivity index (χ0) is 18.0. The standard InChI is InChI=1S/C18H17FN4O2/c1-11(2)16-17(23-10-13(19)6-9-15(23)20-16)22-21-14-7-4-12(5-8-14)18(24)25-3/h4-11H,1-3H3. The molecule has 0 amide bonds. The van der Waals surface area contributed by atoms with Gasteiger partial charge in [-0.2, -0.15) is 0 Å². The molecule has 0 spiro atoms. The van der Waals surface area contributed by atoms with Gasteiger partial charge in [-0.1, -0.05) is 13.8 Å². The van der Waals surface area contributed by atoms with Crippen LogP contribution in [0.4, 0.5) is 15.9 Å². The van der Waals surface area contributed by atoms with E-state index in [1.807, 2.05) is 13.8 Å². The molecule has 0 saturated heterocycles. The number of benzene rings is 1. The van der Waals surface area contributed by atoms with Gasteiger partial charge in [-0.3, -0.25) is 4.40 Å². The molecule has 0 radical (unpaired) electrons. The number of hydrogen-bond donors (Lipinski definition) is 0. The van der Waals surface area contributed by atoms with E-state index in [1.165, 1.54) is 19.4 Å². The third kappa shape index (κ3) is 3.40. The van der Waals surface area contributed by atoms with Gasteiger partial charge in [0.1, 0.15) is 11.5 Å². The van der Waals surface area contributed by atoms with E-state index < -0.39 is 5.97 Å². The van der Waals surface area contributed by atoms with Crippen LogP contribution in [-0.4, -0.2) is 22.5 Å². The topological polar surface area (TPSA) is 68.3 Å². The number of halogens is 1. The molecule has 3 rings (SSSR count). The fourth-order valence-corrected chi connectivity index (χ4v) is 2.40. The average Bonchev–Trinajstić information content (AvgIpc) is 2.97. The van der Waals surface area contributed by atoms with Crippen molar-refractivity contribution in [2.24, 2.45) is 10.2 Å². The lowest BCUT2D eigenvalue weighted by Crippen LogP contribution is -1.99. The Bertz CT molecular complexity index is 946. The van der Waals surface area contributed by atoms with E-state index in [0.717, 1.165) is 5.69 Å². The number of pyridine rings is 1. The van der Waals surface area contributed by atoms with Crippen molar-refractivity contribution in [2.45, 2.75) is 19.8 Å². The fourth-order valence-electron chi connectivity index (χ4n) is 2.40. The molecule has 0 aliphatic heterocycles. The number of carbonyl (C=O) groups is 1. The van der Waals surface area contributed by atoms with Gasteiger partial charge >= 0.3 is 5.97 Å². The number of aromatic nitrogens is 2. The highest BCUT2D eigenvalue weighted by molar-refractivity contribution is 5.89. The predicted molar refractivity (Wildman–Crippen MR) is 91.2 cm³/mol. The third-order valence-corrected chi connectivity index (χ3v) is 3.68. The van der Waals surface area contributed by atoms with E-state index in [0.29, 0.717) is 22.7 Å². The van der Waals surface area contributed by atoms with Gasteiger partial charge in [0.05, 0.1) is 24.1 Å². The smallest absolute Gasteiger partial charge is 0.337 e. The lowest BCUT2D eigenvalue weighted by molar-refractivity contribution is 0.0601. The number of methoxy groups -OCH3 is 1. The molecule has 0 bridgehead atoms. The van der Waals surface area contributed by atoms with Crippen LogP contribution in [0.15, 0.2) is 52.8 Å². The van der Waals surface area contributed by atoms with Crippen molar-refractivity contribution in [3.63, 3.8) is 0 Å².